The second-order valence-corrected chi connectivity index (χ2v) is 8.92. The molecule has 3 fully saturated rings. The molecule has 0 N–H and O–H groups in total. The van der Waals surface area contributed by atoms with Crippen LogP contribution in [0.5, 0.6) is 0 Å². The first-order valence-electron chi connectivity index (χ1n) is 10.1. The van der Waals surface area contributed by atoms with Crippen LogP contribution in [0.2, 0.25) is 5.02 Å². The van der Waals surface area contributed by atoms with Gasteiger partial charge in [0.25, 0.3) is 17.5 Å². The molecule has 5 aliphatic rings. The van der Waals surface area contributed by atoms with Crippen LogP contribution in [0.3, 0.4) is 0 Å². The Labute approximate surface area is 181 Å². The van der Waals surface area contributed by atoms with Gasteiger partial charge in [-0.2, -0.15) is 10.1 Å². The Hall–Kier alpha value is -3.26. The van der Waals surface area contributed by atoms with E-state index in [0.717, 1.165) is 11.4 Å². The third kappa shape index (κ3) is 2.64. The topological polar surface area (TPSA) is 106 Å². The average molecular weight is 438 g/mol. The third-order valence-corrected chi connectivity index (χ3v) is 7.32. The lowest BCUT2D eigenvalue weighted by atomic mass is 9.63. The number of nitrogens with zero attached hydrogens (tertiary/aromatic N) is 3. The standard InChI is InChI=1S/C22H16ClN3O5/c23-17-5-1-10(26(29)30)7-16(17)18-6-2-11(31-18)9-24-25-21(27)19-12-3-4-13(15-8-14(12)15)20(19)22(25)28/h1-7,9,12-15,19-20H,8H2/t12-,13-,14-,15-,19-,20+/m0/s1. The molecule has 7 rings (SSSR count). The molecule has 1 aromatic carbocycles. The van der Waals surface area contributed by atoms with Crippen LogP contribution in [0.4, 0.5) is 5.69 Å². The van der Waals surface area contributed by atoms with Gasteiger partial charge in [0.2, 0.25) is 0 Å². The zero-order chi connectivity index (χ0) is 21.4. The molecule has 0 unspecified atom stereocenters. The number of hydrogen-bond acceptors (Lipinski definition) is 6. The largest absolute Gasteiger partial charge is 0.455 e. The number of hydrazone groups is 1. The van der Waals surface area contributed by atoms with E-state index in [1.165, 1.54) is 24.4 Å². The van der Waals surface area contributed by atoms with Crippen molar-refractivity contribution in [2.24, 2.45) is 40.6 Å². The van der Waals surface area contributed by atoms with Gasteiger partial charge in [-0.1, -0.05) is 23.8 Å². The number of rotatable bonds is 4. The van der Waals surface area contributed by atoms with E-state index in [1.54, 1.807) is 12.1 Å². The van der Waals surface area contributed by atoms with Crippen molar-refractivity contribution in [3.05, 3.63) is 63.4 Å². The number of imide groups is 1. The first-order chi connectivity index (χ1) is 14.9. The van der Waals surface area contributed by atoms with Gasteiger partial charge in [-0.25, -0.2) is 0 Å². The van der Waals surface area contributed by atoms with Crippen LogP contribution in [0.1, 0.15) is 12.2 Å². The number of hydrogen-bond donors (Lipinski definition) is 0. The van der Waals surface area contributed by atoms with Crippen LogP contribution >= 0.6 is 11.6 Å². The SMILES string of the molecule is O=C1[C@@H]2[C@H]3C=C[C@@H]([C@@H]4C[C@@H]34)[C@@H]2C(=O)N1N=Cc1ccc(-c2cc([N+](=O)[O-])ccc2Cl)o1. The number of amides is 2. The Morgan fingerprint density at radius 2 is 1.77 bits per heavy atom. The molecule has 2 amide bonds. The van der Waals surface area contributed by atoms with Crippen LogP contribution in [-0.2, 0) is 9.59 Å². The van der Waals surface area contributed by atoms with Gasteiger partial charge in [-0.15, -0.1) is 0 Å². The highest BCUT2D eigenvalue weighted by atomic mass is 35.5. The van der Waals surface area contributed by atoms with Gasteiger partial charge in [0, 0.05) is 17.7 Å². The minimum atomic E-state index is -0.513. The fourth-order valence-corrected chi connectivity index (χ4v) is 5.76. The second kappa shape index (κ2) is 6.37. The molecule has 1 saturated heterocycles. The predicted molar refractivity (Wildman–Crippen MR) is 110 cm³/mol. The molecular formula is C22H16ClN3O5. The van der Waals surface area contributed by atoms with Gasteiger partial charge in [-0.05, 0) is 48.3 Å². The van der Waals surface area contributed by atoms with Crippen molar-refractivity contribution in [3.8, 4) is 11.3 Å². The zero-order valence-electron chi connectivity index (χ0n) is 16.1. The number of furan rings is 1. The minimum absolute atomic E-state index is 0.108. The number of carbonyl (C=O) groups excluding carboxylic acids is 2. The summed E-state index contributed by atoms with van der Waals surface area (Å²) in [6.07, 6.45) is 6.65. The van der Waals surface area contributed by atoms with Gasteiger partial charge < -0.3 is 4.42 Å². The zero-order valence-corrected chi connectivity index (χ0v) is 16.8. The molecule has 4 aliphatic carbocycles. The number of carbonyl (C=O) groups is 2. The van der Waals surface area contributed by atoms with E-state index in [1.807, 2.05) is 0 Å². The molecule has 156 valence electrons. The van der Waals surface area contributed by atoms with Crippen LogP contribution < -0.4 is 0 Å². The lowest BCUT2D eigenvalue weighted by molar-refractivity contribution is -0.384. The Bertz CT molecular complexity index is 1180. The van der Waals surface area contributed by atoms with Crippen LogP contribution in [0, 0.1) is 45.6 Å². The van der Waals surface area contributed by atoms with Crippen molar-refractivity contribution in [1.82, 2.24) is 5.01 Å². The lowest BCUT2D eigenvalue weighted by Gasteiger charge is -2.37. The van der Waals surface area contributed by atoms with Gasteiger partial charge >= 0.3 is 0 Å². The number of halogens is 1. The van der Waals surface area contributed by atoms with Crippen molar-refractivity contribution >= 4 is 35.3 Å². The summed E-state index contributed by atoms with van der Waals surface area (Å²) in [5.74, 6) is 0.869. The molecule has 9 heteroatoms. The maximum absolute atomic E-state index is 12.9. The number of nitro benzene ring substituents is 1. The monoisotopic (exact) mass is 437 g/mol. The van der Waals surface area contributed by atoms with E-state index < -0.39 is 4.92 Å². The predicted octanol–water partition coefficient (Wildman–Crippen LogP) is 3.90. The van der Waals surface area contributed by atoms with Crippen LogP contribution in [-0.4, -0.2) is 28.0 Å². The van der Waals surface area contributed by atoms with E-state index in [9.17, 15) is 19.7 Å². The summed E-state index contributed by atoms with van der Waals surface area (Å²) < 4.78 is 5.69. The first-order valence-corrected chi connectivity index (χ1v) is 10.5. The summed E-state index contributed by atoms with van der Waals surface area (Å²) in [5, 5.41) is 16.5. The first kappa shape index (κ1) is 18.5. The van der Waals surface area contributed by atoms with Crippen molar-refractivity contribution < 1.29 is 18.9 Å². The van der Waals surface area contributed by atoms with Crippen molar-refractivity contribution in [3.63, 3.8) is 0 Å². The van der Waals surface area contributed by atoms with Gasteiger partial charge in [0.1, 0.15) is 11.5 Å². The number of nitro groups is 1. The smallest absolute Gasteiger partial charge is 0.270 e. The molecule has 6 atom stereocenters. The maximum Gasteiger partial charge on any atom is 0.270 e. The molecule has 8 nitrogen and oxygen atoms in total. The van der Waals surface area contributed by atoms with Gasteiger partial charge in [-0.3, -0.25) is 19.7 Å². The Kier molecular flexibility index (Phi) is 3.80. The average Bonchev–Trinajstić information content (AvgIpc) is 3.40. The summed E-state index contributed by atoms with van der Waals surface area (Å²) >= 11 is 6.16. The van der Waals surface area contributed by atoms with Crippen molar-refractivity contribution in [1.29, 1.82) is 0 Å². The Morgan fingerprint density at radius 3 is 2.42 bits per heavy atom. The highest BCUT2D eigenvalue weighted by Crippen LogP contribution is 2.65. The normalized spacial score (nSPS) is 32.6. The molecule has 0 radical (unpaired) electrons. The number of allylic oxidation sites excluding steroid dienone is 2. The van der Waals surface area contributed by atoms with Gasteiger partial charge in [0.05, 0.1) is 28.0 Å². The summed E-state index contributed by atoms with van der Waals surface area (Å²) in [4.78, 5) is 36.4. The molecule has 0 spiro atoms. The molecule has 2 bridgehead atoms. The lowest BCUT2D eigenvalue weighted by Crippen LogP contribution is -2.40. The molecule has 2 heterocycles. The third-order valence-electron chi connectivity index (χ3n) is 6.99. The minimum Gasteiger partial charge on any atom is -0.455 e. The second-order valence-electron chi connectivity index (χ2n) is 8.51. The van der Waals surface area contributed by atoms with Crippen molar-refractivity contribution in [2.45, 2.75) is 6.42 Å². The summed E-state index contributed by atoms with van der Waals surface area (Å²) in [5.41, 5.74) is 0.264. The molecule has 2 aromatic rings. The quantitative estimate of drug-likeness (QED) is 0.237. The van der Waals surface area contributed by atoms with Gasteiger partial charge in [0.15, 0.2) is 0 Å². The Balaban J connectivity index is 1.25. The molecule has 31 heavy (non-hydrogen) atoms. The van der Waals surface area contributed by atoms with Crippen LogP contribution in [0.25, 0.3) is 11.3 Å². The fourth-order valence-electron chi connectivity index (χ4n) is 5.55. The molecular weight excluding hydrogens is 422 g/mol. The fraction of sp³-hybridized carbons (Fsp3) is 0.318. The Morgan fingerprint density at radius 1 is 1.10 bits per heavy atom. The highest BCUT2D eigenvalue weighted by molar-refractivity contribution is 6.33. The van der Waals surface area contributed by atoms with E-state index in [0.29, 0.717) is 33.9 Å². The summed E-state index contributed by atoms with van der Waals surface area (Å²) in [6, 6.07) is 7.28. The number of benzene rings is 1. The molecule has 2 saturated carbocycles. The maximum atomic E-state index is 12.9. The summed E-state index contributed by atoms with van der Waals surface area (Å²) in [6.45, 7) is 0. The van der Waals surface area contributed by atoms with Crippen molar-refractivity contribution in [2.75, 3.05) is 0 Å². The van der Waals surface area contributed by atoms with E-state index in [-0.39, 0.29) is 41.2 Å². The highest BCUT2D eigenvalue weighted by Gasteiger charge is 2.67. The molecule has 1 aliphatic heterocycles. The summed E-state index contributed by atoms with van der Waals surface area (Å²) in [7, 11) is 0. The molecule has 1 aromatic heterocycles. The number of non-ortho nitro benzene ring substituents is 1. The van der Waals surface area contributed by atoms with E-state index in [2.05, 4.69) is 17.3 Å². The van der Waals surface area contributed by atoms with E-state index >= 15 is 0 Å². The van der Waals surface area contributed by atoms with Crippen LogP contribution in [0.15, 0.2) is 52.0 Å². The van der Waals surface area contributed by atoms with E-state index in [4.69, 9.17) is 16.0 Å².